The van der Waals surface area contributed by atoms with Gasteiger partial charge < -0.3 is 19.7 Å². The Morgan fingerprint density at radius 1 is 1.03 bits per heavy atom. The van der Waals surface area contributed by atoms with Crippen LogP contribution in [0.5, 0.6) is 17.2 Å². The average molecular weight is 430 g/mol. The lowest BCUT2D eigenvalue weighted by Crippen LogP contribution is -2.23. The van der Waals surface area contributed by atoms with Gasteiger partial charge in [0.05, 0.1) is 18.9 Å². The fraction of sp³-hybridized carbons (Fsp3) is 0.231. The van der Waals surface area contributed by atoms with Gasteiger partial charge in [-0.15, -0.1) is 0 Å². The fourth-order valence-electron chi connectivity index (χ4n) is 3.52. The molecule has 1 aliphatic rings. The third-order valence-electron chi connectivity index (χ3n) is 5.32. The Morgan fingerprint density at radius 2 is 1.75 bits per heavy atom. The largest absolute Gasteiger partial charge is 0.485 e. The molecule has 1 heterocycles. The summed E-state index contributed by atoms with van der Waals surface area (Å²) in [7, 11) is 0. The fourth-order valence-corrected chi connectivity index (χ4v) is 3.52. The molecular weight excluding hydrogens is 402 g/mol. The minimum absolute atomic E-state index is 0.0903. The van der Waals surface area contributed by atoms with Crippen LogP contribution in [0.25, 0.3) is 0 Å². The molecule has 32 heavy (non-hydrogen) atoms. The number of carbonyl (C=O) groups is 1. The van der Waals surface area contributed by atoms with Gasteiger partial charge in [0.2, 0.25) is 5.91 Å². The van der Waals surface area contributed by atoms with Crippen molar-refractivity contribution in [1.29, 1.82) is 0 Å². The number of benzene rings is 3. The molecule has 6 nitrogen and oxygen atoms in total. The number of para-hydroxylation sites is 2. The number of anilines is 1. The van der Waals surface area contributed by atoms with Gasteiger partial charge >= 0.3 is 0 Å². The minimum Gasteiger partial charge on any atom is -0.485 e. The molecule has 3 aromatic carbocycles. The summed E-state index contributed by atoms with van der Waals surface area (Å²) in [6, 6.07) is 23.6. The molecule has 1 aliphatic heterocycles. The Hall–Kier alpha value is -3.80. The highest BCUT2D eigenvalue weighted by molar-refractivity contribution is 5.88. The maximum Gasteiger partial charge on any atom is 0.221 e. The summed E-state index contributed by atoms with van der Waals surface area (Å²) in [6.07, 6.45) is 1.93. The molecule has 0 radical (unpaired) electrons. The van der Waals surface area contributed by atoms with Crippen LogP contribution in [0.1, 0.15) is 31.0 Å². The van der Waals surface area contributed by atoms with Gasteiger partial charge in [-0.3, -0.25) is 9.79 Å². The number of aliphatic imine (C=N–C) groups is 1. The van der Waals surface area contributed by atoms with E-state index >= 15 is 0 Å². The highest BCUT2D eigenvalue weighted by Gasteiger charge is 2.15. The van der Waals surface area contributed by atoms with Crippen LogP contribution in [0.15, 0.2) is 77.8 Å². The van der Waals surface area contributed by atoms with Crippen LogP contribution in [0.4, 0.5) is 5.69 Å². The topological polar surface area (TPSA) is 63.2 Å². The smallest absolute Gasteiger partial charge is 0.221 e. The quantitative estimate of drug-likeness (QED) is 0.519. The van der Waals surface area contributed by atoms with Gasteiger partial charge in [-0.2, -0.15) is 0 Å². The molecule has 164 valence electrons. The van der Waals surface area contributed by atoms with E-state index in [2.05, 4.69) is 34.3 Å². The highest BCUT2D eigenvalue weighted by Crippen LogP contribution is 2.33. The lowest BCUT2D eigenvalue weighted by molar-refractivity contribution is -0.114. The van der Waals surface area contributed by atoms with E-state index in [4.69, 9.17) is 9.47 Å². The molecule has 0 saturated carbocycles. The van der Waals surface area contributed by atoms with Crippen molar-refractivity contribution in [2.75, 3.05) is 18.4 Å². The van der Waals surface area contributed by atoms with Gasteiger partial charge in [0.15, 0.2) is 11.5 Å². The Labute approximate surface area is 188 Å². The number of ether oxygens (including phenoxy) is 2. The molecule has 1 unspecified atom stereocenters. The molecule has 1 N–H and O–H groups in total. The first-order chi connectivity index (χ1) is 15.6. The maximum atomic E-state index is 11.2. The summed E-state index contributed by atoms with van der Waals surface area (Å²) in [4.78, 5) is 17.7. The molecule has 1 amide bonds. The highest BCUT2D eigenvalue weighted by atomic mass is 16.5. The van der Waals surface area contributed by atoms with Crippen molar-refractivity contribution in [3.8, 4) is 17.2 Å². The zero-order chi connectivity index (χ0) is 22.3. The first-order valence-electron chi connectivity index (χ1n) is 10.7. The first-order valence-corrected chi connectivity index (χ1v) is 10.7. The molecule has 3 aromatic rings. The van der Waals surface area contributed by atoms with E-state index < -0.39 is 0 Å². The van der Waals surface area contributed by atoms with Crippen molar-refractivity contribution in [1.82, 2.24) is 4.90 Å². The summed E-state index contributed by atoms with van der Waals surface area (Å²) < 4.78 is 12.1. The number of hydrogen-bond donors (Lipinski definition) is 1. The lowest BCUT2D eigenvalue weighted by Gasteiger charge is -2.23. The van der Waals surface area contributed by atoms with Crippen molar-refractivity contribution in [3.63, 3.8) is 0 Å². The third-order valence-corrected chi connectivity index (χ3v) is 5.32. The van der Waals surface area contributed by atoms with E-state index in [1.165, 1.54) is 12.5 Å². The number of rotatable bonds is 8. The minimum atomic E-state index is -0.0903. The molecule has 0 fully saturated rings. The summed E-state index contributed by atoms with van der Waals surface area (Å²) in [5, 5.41) is 2.76. The van der Waals surface area contributed by atoms with E-state index in [0.29, 0.717) is 18.1 Å². The van der Waals surface area contributed by atoms with Crippen LogP contribution in [-0.4, -0.2) is 30.2 Å². The Morgan fingerprint density at radius 3 is 2.41 bits per heavy atom. The average Bonchev–Trinajstić information content (AvgIpc) is 3.34. The van der Waals surface area contributed by atoms with E-state index in [-0.39, 0.29) is 11.9 Å². The molecule has 0 aliphatic carbocycles. The molecule has 1 atom stereocenters. The zero-order valence-electron chi connectivity index (χ0n) is 18.3. The SMILES string of the molecule is CC(=O)Nc1ccc(COc2ccccc2Oc2ccc(C(C)N3C=NCC3)cc2)cc1. The maximum absolute atomic E-state index is 11.2. The molecule has 4 rings (SSSR count). The second kappa shape index (κ2) is 10.0. The summed E-state index contributed by atoms with van der Waals surface area (Å²) in [6.45, 7) is 5.89. The van der Waals surface area contributed by atoms with Crippen LogP contribution in [0, 0.1) is 0 Å². The normalized spacial score (nSPS) is 13.6. The number of amides is 1. The van der Waals surface area contributed by atoms with Gasteiger partial charge in [-0.25, -0.2) is 0 Å². The van der Waals surface area contributed by atoms with Gasteiger partial charge in [-0.05, 0) is 54.4 Å². The molecule has 0 aromatic heterocycles. The Balaban J connectivity index is 1.39. The van der Waals surface area contributed by atoms with Crippen LogP contribution >= 0.6 is 0 Å². The first kappa shape index (κ1) is 21.4. The predicted molar refractivity (Wildman–Crippen MR) is 127 cm³/mol. The van der Waals surface area contributed by atoms with Crippen molar-refractivity contribution in [3.05, 3.63) is 83.9 Å². The zero-order valence-corrected chi connectivity index (χ0v) is 18.3. The molecule has 6 heteroatoms. The summed E-state index contributed by atoms with van der Waals surface area (Å²) >= 11 is 0. The van der Waals surface area contributed by atoms with Crippen LogP contribution in [-0.2, 0) is 11.4 Å². The lowest BCUT2D eigenvalue weighted by atomic mass is 10.1. The van der Waals surface area contributed by atoms with Gasteiger partial charge in [0.25, 0.3) is 0 Å². The summed E-state index contributed by atoms with van der Waals surface area (Å²) in [5.41, 5.74) is 2.98. The molecule has 0 spiro atoms. The van der Waals surface area contributed by atoms with Crippen LogP contribution in [0.2, 0.25) is 0 Å². The Kier molecular flexibility index (Phi) is 6.70. The Bertz CT molecular complexity index is 1080. The van der Waals surface area contributed by atoms with Crippen LogP contribution in [0.3, 0.4) is 0 Å². The molecule has 0 bridgehead atoms. The van der Waals surface area contributed by atoms with Crippen LogP contribution < -0.4 is 14.8 Å². The van der Waals surface area contributed by atoms with Gasteiger partial charge in [0, 0.05) is 19.2 Å². The number of nitrogens with one attached hydrogen (secondary N) is 1. The second-order valence-corrected chi connectivity index (χ2v) is 7.72. The van der Waals surface area contributed by atoms with Gasteiger partial charge in [0.1, 0.15) is 12.4 Å². The van der Waals surface area contributed by atoms with E-state index in [9.17, 15) is 4.79 Å². The third kappa shape index (κ3) is 5.46. The number of carbonyl (C=O) groups excluding carboxylic acids is 1. The predicted octanol–water partition coefficient (Wildman–Crippen LogP) is 5.42. The second-order valence-electron chi connectivity index (χ2n) is 7.72. The van der Waals surface area contributed by atoms with E-state index in [1.54, 1.807) is 0 Å². The number of hydrogen-bond acceptors (Lipinski definition) is 5. The van der Waals surface area contributed by atoms with E-state index in [1.807, 2.05) is 67.0 Å². The molecule has 0 saturated heterocycles. The summed E-state index contributed by atoms with van der Waals surface area (Å²) in [5.74, 6) is 2.00. The standard InChI is InChI=1S/C26H27N3O3/c1-19(29-16-15-27-18-29)22-9-13-24(14-10-22)32-26-6-4-3-5-25(26)31-17-21-7-11-23(12-8-21)28-20(2)30/h3-14,18-19H,15-17H2,1-2H3,(H,28,30). The van der Waals surface area contributed by atoms with Crippen molar-refractivity contribution in [2.45, 2.75) is 26.5 Å². The monoisotopic (exact) mass is 429 g/mol. The molecular formula is C26H27N3O3. The van der Waals surface area contributed by atoms with Crippen molar-refractivity contribution < 1.29 is 14.3 Å². The number of nitrogens with zero attached hydrogens (tertiary/aromatic N) is 2. The van der Waals surface area contributed by atoms with E-state index in [0.717, 1.165) is 30.1 Å². The van der Waals surface area contributed by atoms with Crippen molar-refractivity contribution in [2.24, 2.45) is 4.99 Å². The van der Waals surface area contributed by atoms with Gasteiger partial charge in [-0.1, -0.05) is 36.4 Å². The van der Waals surface area contributed by atoms with Crippen molar-refractivity contribution >= 4 is 17.9 Å².